The van der Waals surface area contributed by atoms with Crippen LogP contribution in [0.2, 0.25) is 0 Å². The van der Waals surface area contributed by atoms with Gasteiger partial charge in [0.15, 0.2) is 12.2 Å². The number of esters is 4. The average molecular weight is 1410 g/mol. The number of ether oxygens (including phenoxy) is 4. The predicted molar refractivity (Wildman–Crippen MR) is 390 cm³/mol. The second kappa shape index (κ2) is 67.1. The number of aliphatic hydroxyl groups excluding tert-OH is 1. The number of phosphoric acid groups is 2. The third-order valence-electron chi connectivity index (χ3n) is 17.3. The molecule has 566 valence electrons. The van der Waals surface area contributed by atoms with E-state index in [2.05, 4.69) is 72.8 Å². The van der Waals surface area contributed by atoms with Gasteiger partial charge in [-0.05, 0) is 69.1 Å². The lowest BCUT2D eigenvalue weighted by molar-refractivity contribution is -0.161. The summed E-state index contributed by atoms with van der Waals surface area (Å²) < 4.78 is 68.5. The normalized spacial score (nSPS) is 14.2. The van der Waals surface area contributed by atoms with E-state index >= 15 is 0 Å². The van der Waals surface area contributed by atoms with Crippen LogP contribution in [0.4, 0.5) is 0 Å². The summed E-state index contributed by atoms with van der Waals surface area (Å²) in [4.78, 5) is 72.9. The van der Waals surface area contributed by atoms with E-state index in [9.17, 15) is 43.2 Å². The molecule has 0 aromatic rings. The van der Waals surface area contributed by atoms with Gasteiger partial charge in [-0.3, -0.25) is 37.3 Å². The molecular weight excluding hydrogens is 1260 g/mol. The molecule has 19 heteroatoms. The van der Waals surface area contributed by atoms with Gasteiger partial charge in [0, 0.05) is 25.7 Å². The summed E-state index contributed by atoms with van der Waals surface area (Å²) in [5, 5.41) is 10.6. The number of allylic oxidation sites excluding steroid dienone is 4. The minimum atomic E-state index is -4.97. The van der Waals surface area contributed by atoms with Crippen molar-refractivity contribution < 1.29 is 80.2 Å². The number of rotatable bonds is 73. The molecule has 0 saturated heterocycles. The van der Waals surface area contributed by atoms with Crippen LogP contribution in [0.15, 0.2) is 24.3 Å². The van der Waals surface area contributed by atoms with Gasteiger partial charge < -0.3 is 33.8 Å². The molecule has 0 aliphatic heterocycles. The maximum Gasteiger partial charge on any atom is 0.472 e. The van der Waals surface area contributed by atoms with Crippen LogP contribution in [0.25, 0.3) is 0 Å². The molecule has 2 unspecified atom stereocenters. The molecule has 0 bridgehead atoms. The summed E-state index contributed by atoms with van der Waals surface area (Å²) in [7, 11) is -9.93. The number of unbranched alkanes of at least 4 members (excludes halogenated alkanes) is 38. The Kier molecular flexibility index (Phi) is 65.3. The van der Waals surface area contributed by atoms with Gasteiger partial charge in [0.1, 0.15) is 19.3 Å². The zero-order valence-corrected chi connectivity index (χ0v) is 64.1. The van der Waals surface area contributed by atoms with Crippen LogP contribution in [0, 0.1) is 17.8 Å². The van der Waals surface area contributed by atoms with E-state index in [1.807, 2.05) is 0 Å². The number of aliphatic hydroxyl groups is 1. The molecule has 0 heterocycles. The molecule has 0 radical (unpaired) electrons. The molecule has 0 amide bonds. The first-order valence-electron chi connectivity index (χ1n) is 39.2. The van der Waals surface area contributed by atoms with Crippen LogP contribution in [0.1, 0.15) is 370 Å². The lowest BCUT2D eigenvalue weighted by Gasteiger charge is -2.21. The lowest BCUT2D eigenvalue weighted by atomic mass is 10.0. The smallest absolute Gasteiger partial charge is 0.462 e. The Morgan fingerprint density at radius 1 is 0.323 bits per heavy atom. The average Bonchev–Trinajstić information content (AvgIpc) is 1.10. The Morgan fingerprint density at radius 2 is 0.562 bits per heavy atom. The van der Waals surface area contributed by atoms with Gasteiger partial charge in [0.25, 0.3) is 0 Å². The van der Waals surface area contributed by atoms with Crippen LogP contribution in [-0.4, -0.2) is 96.7 Å². The van der Waals surface area contributed by atoms with Gasteiger partial charge in [-0.2, -0.15) is 0 Å². The number of carbonyl (C=O) groups is 4. The molecular formula is C77H146O17P2. The largest absolute Gasteiger partial charge is 0.472 e. The quantitative estimate of drug-likeness (QED) is 0.0169. The van der Waals surface area contributed by atoms with Crippen molar-refractivity contribution in [2.24, 2.45) is 17.8 Å². The van der Waals surface area contributed by atoms with Crippen molar-refractivity contribution in [3.8, 4) is 0 Å². The van der Waals surface area contributed by atoms with Crippen molar-refractivity contribution in [1.29, 1.82) is 0 Å². The molecule has 3 N–H and O–H groups in total. The highest BCUT2D eigenvalue weighted by Gasteiger charge is 2.30. The zero-order valence-electron chi connectivity index (χ0n) is 62.3. The molecule has 0 saturated carbocycles. The van der Waals surface area contributed by atoms with E-state index in [0.29, 0.717) is 25.7 Å². The second-order valence-corrected chi connectivity index (χ2v) is 31.4. The lowest BCUT2D eigenvalue weighted by Crippen LogP contribution is -2.30. The van der Waals surface area contributed by atoms with Crippen LogP contribution >= 0.6 is 15.6 Å². The fourth-order valence-electron chi connectivity index (χ4n) is 11.2. The monoisotopic (exact) mass is 1410 g/mol. The van der Waals surface area contributed by atoms with Crippen LogP contribution in [0.3, 0.4) is 0 Å². The number of hydrogen-bond donors (Lipinski definition) is 3. The summed E-state index contributed by atoms with van der Waals surface area (Å²) in [6.45, 7) is 11.8. The third-order valence-corrected chi connectivity index (χ3v) is 19.2. The summed E-state index contributed by atoms with van der Waals surface area (Å²) in [5.74, 6) is 0.143. The second-order valence-electron chi connectivity index (χ2n) is 28.5. The SMILES string of the molecule is CCCCCC/C=C\C=C/CCCCCCCC(=O)O[C@H](COC(=O)CCCCCCCCCCCCCC(C)C)COP(=O)(O)OC[C@@H](O)COP(=O)(O)OC[C@@H](COC(=O)CCCCCCCCCCCCC(C)C)OC(=O)CCCCCCCCCCCCCC(C)C. The van der Waals surface area contributed by atoms with Crippen LogP contribution in [0.5, 0.6) is 0 Å². The van der Waals surface area contributed by atoms with Gasteiger partial charge in [-0.25, -0.2) is 9.13 Å². The maximum absolute atomic E-state index is 13.1. The Balaban J connectivity index is 5.31. The predicted octanol–water partition coefficient (Wildman–Crippen LogP) is 22.1. The van der Waals surface area contributed by atoms with Gasteiger partial charge in [-0.1, -0.05) is 317 Å². The fourth-order valence-corrected chi connectivity index (χ4v) is 12.8. The van der Waals surface area contributed by atoms with Crippen molar-refractivity contribution in [2.45, 2.75) is 388 Å². The van der Waals surface area contributed by atoms with E-state index in [0.717, 1.165) is 120 Å². The minimum Gasteiger partial charge on any atom is -0.462 e. The van der Waals surface area contributed by atoms with Crippen LogP contribution < -0.4 is 0 Å². The van der Waals surface area contributed by atoms with Crippen molar-refractivity contribution in [2.75, 3.05) is 39.6 Å². The fraction of sp³-hybridized carbons (Fsp3) is 0.896. The molecule has 0 rings (SSSR count). The molecule has 0 fully saturated rings. The molecule has 0 aliphatic carbocycles. The minimum absolute atomic E-state index is 0.0847. The maximum atomic E-state index is 13.1. The zero-order chi connectivity index (χ0) is 70.9. The van der Waals surface area contributed by atoms with E-state index in [1.54, 1.807) is 0 Å². The highest BCUT2D eigenvalue weighted by atomic mass is 31.2. The van der Waals surface area contributed by atoms with Crippen molar-refractivity contribution in [1.82, 2.24) is 0 Å². The first-order chi connectivity index (χ1) is 46.2. The van der Waals surface area contributed by atoms with Crippen LogP contribution in [-0.2, 0) is 65.4 Å². The highest BCUT2D eigenvalue weighted by molar-refractivity contribution is 7.47. The van der Waals surface area contributed by atoms with Gasteiger partial charge >= 0.3 is 39.5 Å². The Morgan fingerprint density at radius 3 is 0.844 bits per heavy atom. The topological polar surface area (TPSA) is 237 Å². The standard InChI is InChI=1S/C77H146O17P2/c1-8-9-10-11-12-13-14-15-16-17-22-32-39-46-53-60-76(81)93-72(64-87-74(79)58-51-44-37-30-23-18-20-27-34-41-48-55-68(2)3)66-91-95(83,84)89-62-71(78)63-90-96(85,86)92-67-73(65-88-75(80)59-52-45-38-31-26-25-29-36-43-50-57-70(6)7)94-77(82)61-54-47-40-33-24-19-21-28-35-42-49-56-69(4)5/h13-16,68-73,78H,8-12,17-67H2,1-7H3,(H,83,84)(H,85,86)/b14-13-,16-15-/t71-,72-,73-/m1/s1. The summed E-state index contributed by atoms with van der Waals surface area (Å²) in [5.41, 5.74) is 0. The van der Waals surface area contributed by atoms with E-state index in [-0.39, 0.29) is 25.7 Å². The van der Waals surface area contributed by atoms with Crippen molar-refractivity contribution in [3.63, 3.8) is 0 Å². The number of phosphoric ester groups is 2. The van der Waals surface area contributed by atoms with E-state index in [4.69, 9.17) is 37.0 Å². The Labute approximate surface area is 586 Å². The van der Waals surface area contributed by atoms with Crippen molar-refractivity contribution >= 4 is 39.5 Å². The van der Waals surface area contributed by atoms with E-state index < -0.39 is 97.5 Å². The third kappa shape index (κ3) is 70.0. The first kappa shape index (κ1) is 93.5. The van der Waals surface area contributed by atoms with Crippen molar-refractivity contribution in [3.05, 3.63) is 24.3 Å². The van der Waals surface area contributed by atoms with Gasteiger partial charge in [0.2, 0.25) is 0 Å². The number of hydrogen-bond acceptors (Lipinski definition) is 15. The van der Waals surface area contributed by atoms with Gasteiger partial charge in [0.05, 0.1) is 26.4 Å². The molecule has 96 heavy (non-hydrogen) atoms. The molecule has 0 aromatic carbocycles. The molecule has 0 aliphatic rings. The Bertz CT molecular complexity index is 1960. The molecule has 0 aromatic heterocycles. The number of carbonyl (C=O) groups excluding carboxylic acids is 4. The van der Waals surface area contributed by atoms with E-state index in [1.165, 1.54) is 167 Å². The highest BCUT2D eigenvalue weighted by Crippen LogP contribution is 2.45. The molecule has 5 atom stereocenters. The van der Waals surface area contributed by atoms with Gasteiger partial charge in [-0.15, -0.1) is 0 Å². The Hall–Kier alpha value is -2.46. The molecule has 0 spiro atoms. The summed E-state index contributed by atoms with van der Waals surface area (Å²) in [6.07, 6.45) is 56.2. The summed E-state index contributed by atoms with van der Waals surface area (Å²) in [6, 6.07) is 0. The summed E-state index contributed by atoms with van der Waals surface area (Å²) >= 11 is 0. The first-order valence-corrected chi connectivity index (χ1v) is 42.2. The molecule has 17 nitrogen and oxygen atoms in total.